The van der Waals surface area contributed by atoms with Crippen LogP contribution in [0, 0.1) is 20.8 Å². The summed E-state index contributed by atoms with van der Waals surface area (Å²) in [6, 6.07) is 21.0. The Balaban J connectivity index is 1.93. The predicted molar refractivity (Wildman–Crippen MR) is 153 cm³/mol. The molecule has 0 aromatic heterocycles. The quantitative estimate of drug-likeness (QED) is 0.297. The van der Waals surface area contributed by atoms with Gasteiger partial charge in [-0.1, -0.05) is 83.0 Å². The molecule has 2 amide bonds. The Morgan fingerprint density at radius 1 is 0.946 bits per heavy atom. The molecule has 5 nitrogen and oxygen atoms in total. The summed E-state index contributed by atoms with van der Waals surface area (Å²) in [5, 5.41) is 3.10. The molecule has 0 aliphatic heterocycles. The number of carbonyl (C=O) groups excluding carboxylic acids is 2. The molecule has 0 saturated carbocycles. The molecule has 0 aliphatic carbocycles. The van der Waals surface area contributed by atoms with Gasteiger partial charge in [-0.15, -0.1) is 0 Å². The first-order chi connectivity index (χ1) is 17.7. The van der Waals surface area contributed by atoms with Crippen molar-refractivity contribution in [1.29, 1.82) is 0 Å². The highest BCUT2D eigenvalue weighted by molar-refractivity contribution is 9.10. The van der Waals surface area contributed by atoms with Crippen LogP contribution in [0.25, 0.3) is 0 Å². The summed E-state index contributed by atoms with van der Waals surface area (Å²) in [6.07, 6.45) is 1.22. The molecule has 3 rings (SSSR count). The van der Waals surface area contributed by atoms with Gasteiger partial charge >= 0.3 is 0 Å². The van der Waals surface area contributed by atoms with Crippen LogP contribution in [-0.4, -0.2) is 35.4 Å². The summed E-state index contributed by atoms with van der Waals surface area (Å²) in [7, 11) is 0. The third-order valence-corrected chi connectivity index (χ3v) is 7.73. The maximum Gasteiger partial charge on any atom is 0.261 e. The average Bonchev–Trinajstić information content (AvgIpc) is 2.88. The van der Waals surface area contributed by atoms with E-state index in [9.17, 15) is 9.59 Å². The van der Waals surface area contributed by atoms with Gasteiger partial charge in [0.2, 0.25) is 5.91 Å². The zero-order valence-corrected chi connectivity index (χ0v) is 24.0. The number of hydrogen-bond acceptors (Lipinski definition) is 3. The second-order valence-electron chi connectivity index (χ2n) is 9.69. The number of carbonyl (C=O) groups is 2. The van der Waals surface area contributed by atoms with Crippen LogP contribution in [0.4, 0.5) is 0 Å². The Bertz CT molecular complexity index is 1190. The zero-order valence-electron chi connectivity index (χ0n) is 22.4. The van der Waals surface area contributed by atoms with Gasteiger partial charge in [-0.2, -0.15) is 0 Å². The molecule has 37 heavy (non-hydrogen) atoms. The van der Waals surface area contributed by atoms with Gasteiger partial charge in [-0.25, -0.2) is 0 Å². The molecule has 3 aromatic carbocycles. The second kappa shape index (κ2) is 13.4. The standard InChI is InChI=1S/C31H37BrN2O3/c1-6-24(5)33-31(36)28(18-25-12-8-7-9-13-25)34(19-26-14-10-11-21(2)15-26)29(35)20-37-27-16-22(3)30(32)23(4)17-27/h7-17,24,28H,6,18-20H2,1-5H3,(H,33,36)/t24-,28-/m1/s1. The van der Waals surface area contributed by atoms with Gasteiger partial charge < -0.3 is 15.0 Å². The number of rotatable bonds is 11. The van der Waals surface area contributed by atoms with E-state index in [2.05, 4.69) is 27.3 Å². The van der Waals surface area contributed by atoms with Crippen molar-refractivity contribution in [1.82, 2.24) is 10.2 Å². The van der Waals surface area contributed by atoms with Crippen LogP contribution in [0.15, 0.2) is 71.2 Å². The maximum atomic E-state index is 13.7. The van der Waals surface area contributed by atoms with Gasteiger partial charge in [0.15, 0.2) is 6.61 Å². The number of halogens is 1. The molecule has 0 fully saturated rings. The number of hydrogen-bond donors (Lipinski definition) is 1. The summed E-state index contributed by atoms with van der Waals surface area (Å²) in [6.45, 7) is 10.2. The van der Waals surface area contributed by atoms with Crippen LogP contribution in [0.1, 0.15) is 48.1 Å². The largest absolute Gasteiger partial charge is 0.484 e. The fourth-order valence-corrected chi connectivity index (χ4v) is 4.45. The van der Waals surface area contributed by atoms with Crippen LogP contribution in [0.5, 0.6) is 5.75 Å². The Hall–Kier alpha value is -3.12. The Morgan fingerprint density at radius 2 is 1.59 bits per heavy atom. The van der Waals surface area contributed by atoms with Gasteiger partial charge in [0.1, 0.15) is 11.8 Å². The molecule has 6 heteroatoms. The van der Waals surface area contributed by atoms with E-state index in [1.807, 2.05) is 95.3 Å². The fraction of sp³-hybridized carbons (Fsp3) is 0.355. The first-order valence-electron chi connectivity index (χ1n) is 12.8. The van der Waals surface area contributed by atoms with E-state index in [4.69, 9.17) is 4.74 Å². The maximum absolute atomic E-state index is 13.7. The van der Waals surface area contributed by atoms with E-state index < -0.39 is 6.04 Å². The fourth-order valence-electron chi connectivity index (χ4n) is 4.22. The molecule has 0 bridgehead atoms. The van der Waals surface area contributed by atoms with Crippen molar-refractivity contribution < 1.29 is 14.3 Å². The molecule has 0 heterocycles. The minimum atomic E-state index is -0.679. The number of nitrogens with zero attached hydrogens (tertiary/aromatic N) is 1. The first-order valence-corrected chi connectivity index (χ1v) is 13.6. The van der Waals surface area contributed by atoms with Crippen LogP contribution in [-0.2, 0) is 22.6 Å². The minimum Gasteiger partial charge on any atom is -0.484 e. The lowest BCUT2D eigenvalue weighted by atomic mass is 10.0. The van der Waals surface area contributed by atoms with Crippen molar-refractivity contribution in [3.63, 3.8) is 0 Å². The number of amides is 2. The summed E-state index contributed by atoms with van der Waals surface area (Å²) < 4.78 is 6.99. The van der Waals surface area contributed by atoms with Gasteiger partial charge in [0, 0.05) is 23.5 Å². The predicted octanol–water partition coefficient (Wildman–Crippen LogP) is 6.31. The number of nitrogens with one attached hydrogen (secondary N) is 1. The van der Waals surface area contributed by atoms with Crippen LogP contribution in [0.3, 0.4) is 0 Å². The molecule has 0 spiro atoms. The molecule has 3 aromatic rings. The normalized spacial score (nSPS) is 12.5. The highest BCUT2D eigenvalue weighted by atomic mass is 79.9. The highest BCUT2D eigenvalue weighted by Gasteiger charge is 2.31. The van der Waals surface area contributed by atoms with E-state index in [0.29, 0.717) is 18.7 Å². The Morgan fingerprint density at radius 3 is 2.22 bits per heavy atom. The van der Waals surface area contributed by atoms with E-state index in [1.54, 1.807) is 4.90 Å². The second-order valence-corrected chi connectivity index (χ2v) is 10.5. The van der Waals surface area contributed by atoms with Crippen LogP contribution < -0.4 is 10.1 Å². The number of ether oxygens (including phenoxy) is 1. The van der Waals surface area contributed by atoms with E-state index in [0.717, 1.165) is 38.7 Å². The molecule has 196 valence electrons. The van der Waals surface area contributed by atoms with Gasteiger partial charge in [-0.05, 0) is 68.5 Å². The first kappa shape index (κ1) is 28.5. The average molecular weight is 566 g/mol. The molecule has 0 aliphatic rings. The minimum absolute atomic E-state index is 0.00617. The van der Waals surface area contributed by atoms with Crippen molar-refractivity contribution in [2.45, 2.75) is 66.1 Å². The number of benzene rings is 3. The molecular weight excluding hydrogens is 528 g/mol. The molecular formula is C31H37BrN2O3. The summed E-state index contributed by atoms with van der Waals surface area (Å²) in [5.41, 5.74) is 5.14. The zero-order chi connectivity index (χ0) is 26.9. The van der Waals surface area contributed by atoms with Crippen molar-refractivity contribution in [3.05, 3.63) is 99.0 Å². The molecule has 0 unspecified atom stereocenters. The lowest BCUT2D eigenvalue weighted by Gasteiger charge is -2.32. The third-order valence-electron chi connectivity index (χ3n) is 6.48. The van der Waals surface area contributed by atoms with Gasteiger partial charge in [0.05, 0.1) is 0 Å². The summed E-state index contributed by atoms with van der Waals surface area (Å²) in [4.78, 5) is 29.0. The smallest absolute Gasteiger partial charge is 0.261 e. The van der Waals surface area contributed by atoms with Crippen LogP contribution >= 0.6 is 15.9 Å². The highest BCUT2D eigenvalue weighted by Crippen LogP contribution is 2.26. The monoisotopic (exact) mass is 564 g/mol. The molecule has 0 radical (unpaired) electrons. The van der Waals surface area contributed by atoms with E-state index in [1.165, 1.54) is 0 Å². The molecule has 2 atom stereocenters. The van der Waals surface area contributed by atoms with Gasteiger partial charge in [-0.3, -0.25) is 9.59 Å². The molecule has 0 saturated heterocycles. The lowest BCUT2D eigenvalue weighted by molar-refractivity contribution is -0.143. The van der Waals surface area contributed by atoms with Gasteiger partial charge in [0.25, 0.3) is 5.91 Å². The third kappa shape index (κ3) is 8.19. The van der Waals surface area contributed by atoms with Crippen molar-refractivity contribution in [3.8, 4) is 5.75 Å². The number of aryl methyl sites for hydroxylation is 3. The van der Waals surface area contributed by atoms with Crippen molar-refractivity contribution in [2.75, 3.05) is 6.61 Å². The SMILES string of the molecule is CC[C@@H](C)NC(=O)[C@@H](Cc1ccccc1)N(Cc1cccc(C)c1)C(=O)COc1cc(C)c(Br)c(C)c1. The Labute approximate surface area is 229 Å². The van der Waals surface area contributed by atoms with Crippen LogP contribution in [0.2, 0.25) is 0 Å². The summed E-state index contributed by atoms with van der Waals surface area (Å²) in [5.74, 6) is 0.236. The summed E-state index contributed by atoms with van der Waals surface area (Å²) >= 11 is 3.58. The Kier molecular flexibility index (Phi) is 10.3. The molecule has 1 N–H and O–H groups in total. The van der Waals surface area contributed by atoms with Crippen molar-refractivity contribution in [2.24, 2.45) is 0 Å². The van der Waals surface area contributed by atoms with E-state index in [-0.39, 0.29) is 24.5 Å². The van der Waals surface area contributed by atoms with E-state index >= 15 is 0 Å². The lowest BCUT2D eigenvalue weighted by Crippen LogP contribution is -2.53. The topological polar surface area (TPSA) is 58.6 Å². The van der Waals surface area contributed by atoms with Crippen molar-refractivity contribution >= 4 is 27.7 Å².